The van der Waals surface area contributed by atoms with Crippen LogP contribution in [0.2, 0.25) is 0 Å². The van der Waals surface area contributed by atoms with Gasteiger partial charge in [-0.3, -0.25) is 4.79 Å². The highest BCUT2D eigenvalue weighted by Gasteiger charge is 2.71. The number of nitrogens with one attached hydrogen (secondary N) is 1. The fraction of sp³-hybridized carbons (Fsp3) is 0.385. The summed E-state index contributed by atoms with van der Waals surface area (Å²) in [5, 5.41) is 11.2. The van der Waals surface area contributed by atoms with Crippen molar-refractivity contribution in [2.75, 3.05) is 0 Å². The highest BCUT2D eigenvalue weighted by molar-refractivity contribution is 5.74. The lowest BCUT2D eigenvalue weighted by Crippen LogP contribution is -2.80. The van der Waals surface area contributed by atoms with Gasteiger partial charge in [0.25, 0.3) is 0 Å². The molecule has 0 atom stereocenters. The quantitative estimate of drug-likeness (QED) is 0.796. The molecular weight excluding hydrogens is 234 g/mol. The van der Waals surface area contributed by atoms with Crippen molar-refractivity contribution in [3.05, 3.63) is 29.8 Å². The molecule has 2 N–H and O–H groups in total. The normalized spacial score (nSPS) is 31.8. The zero-order chi connectivity index (χ0) is 12.8. The van der Waals surface area contributed by atoms with Crippen LogP contribution in [0.5, 0.6) is 5.75 Å². The highest BCUT2D eigenvalue weighted by atomic mass is 16.5. The Morgan fingerprint density at radius 3 is 2.39 bits per heavy atom. The van der Waals surface area contributed by atoms with E-state index in [1.807, 2.05) is 0 Å². The number of rotatable bonds is 4. The Balaban J connectivity index is 1.60. The molecule has 3 aliphatic rings. The van der Waals surface area contributed by atoms with E-state index in [0.29, 0.717) is 5.56 Å². The Morgan fingerprint density at radius 1 is 1.28 bits per heavy atom. The lowest BCUT2D eigenvalue weighted by atomic mass is 9.46. The zero-order valence-electron chi connectivity index (χ0n) is 9.68. The van der Waals surface area contributed by atoms with E-state index in [9.17, 15) is 9.59 Å². The Bertz CT molecular complexity index is 488. The number of hydrogen-bond donors (Lipinski definition) is 2. The van der Waals surface area contributed by atoms with E-state index in [-0.39, 0.29) is 11.1 Å². The van der Waals surface area contributed by atoms with E-state index in [4.69, 9.17) is 9.84 Å². The fourth-order valence-corrected chi connectivity index (χ4v) is 3.03. The minimum absolute atomic E-state index is 0.203. The molecular formula is C13H13NO4. The summed E-state index contributed by atoms with van der Waals surface area (Å²) < 4.78 is 5.86. The molecule has 0 saturated heterocycles. The van der Waals surface area contributed by atoms with Crippen LogP contribution in [0, 0.1) is 0 Å². The van der Waals surface area contributed by atoms with E-state index >= 15 is 0 Å². The van der Waals surface area contributed by atoms with Gasteiger partial charge in [-0.2, -0.15) is 0 Å². The number of carbonyl (C=O) groups is 2. The van der Waals surface area contributed by atoms with Crippen LogP contribution in [0.3, 0.4) is 0 Å². The average molecular weight is 247 g/mol. The number of carbonyl (C=O) groups excluding carboxylic acids is 1. The van der Waals surface area contributed by atoms with E-state index in [0.717, 1.165) is 31.3 Å². The van der Waals surface area contributed by atoms with E-state index in [1.54, 1.807) is 24.3 Å². The van der Waals surface area contributed by atoms with Gasteiger partial charge in [-0.1, -0.05) is 0 Å². The standard InChI is InChI=1S/C13H13NO4/c15-5-9-1-3-10(4-2-9)18-13-6-12(7-13,8-13)14-11(16)17/h1-5,14H,6-8H2,(H,16,17). The van der Waals surface area contributed by atoms with Crippen molar-refractivity contribution in [1.29, 1.82) is 0 Å². The Morgan fingerprint density at radius 2 is 1.89 bits per heavy atom. The summed E-state index contributed by atoms with van der Waals surface area (Å²) in [7, 11) is 0. The summed E-state index contributed by atoms with van der Waals surface area (Å²) in [6, 6.07) is 6.95. The molecule has 1 aromatic carbocycles. The van der Waals surface area contributed by atoms with E-state index in [2.05, 4.69) is 5.32 Å². The molecule has 94 valence electrons. The molecule has 0 aromatic heterocycles. The second kappa shape index (κ2) is 3.48. The van der Waals surface area contributed by atoms with Crippen LogP contribution in [0.25, 0.3) is 0 Å². The second-order valence-electron chi connectivity index (χ2n) is 5.21. The molecule has 4 rings (SSSR count). The maximum absolute atomic E-state index is 10.6. The zero-order valence-corrected chi connectivity index (χ0v) is 9.68. The Hall–Kier alpha value is -2.04. The first-order valence-electron chi connectivity index (χ1n) is 5.80. The van der Waals surface area contributed by atoms with Gasteiger partial charge in [-0.05, 0) is 24.3 Å². The molecule has 3 fully saturated rings. The van der Waals surface area contributed by atoms with E-state index < -0.39 is 6.09 Å². The first-order valence-corrected chi connectivity index (χ1v) is 5.80. The molecule has 0 spiro atoms. The smallest absolute Gasteiger partial charge is 0.405 e. The van der Waals surface area contributed by atoms with Gasteiger partial charge >= 0.3 is 6.09 Å². The van der Waals surface area contributed by atoms with Crippen LogP contribution in [-0.2, 0) is 0 Å². The van der Waals surface area contributed by atoms with Crippen LogP contribution in [0.4, 0.5) is 4.79 Å². The molecule has 0 unspecified atom stereocenters. The molecule has 1 amide bonds. The molecule has 0 radical (unpaired) electrons. The number of benzene rings is 1. The summed E-state index contributed by atoms with van der Waals surface area (Å²) in [6.45, 7) is 0. The van der Waals surface area contributed by atoms with Gasteiger partial charge in [0.05, 0.1) is 5.54 Å². The van der Waals surface area contributed by atoms with Crippen molar-refractivity contribution >= 4 is 12.4 Å². The van der Waals surface area contributed by atoms with Gasteiger partial charge in [0.2, 0.25) is 0 Å². The maximum atomic E-state index is 10.6. The highest BCUT2D eigenvalue weighted by Crippen LogP contribution is 2.62. The molecule has 0 heterocycles. The number of amides is 1. The number of carboxylic acid groups (broad SMARTS) is 1. The van der Waals surface area contributed by atoms with Crippen LogP contribution in [0.1, 0.15) is 29.6 Å². The van der Waals surface area contributed by atoms with Gasteiger partial charge in [-0.25, -0.2) is 4.79 Å². The molecule has 5 heteroatoms. The van der Waals surface area contributed by atoms with Crippen molar-refractivity contribution in [3.8, 4) is 5.75 Å². The summed E-state index contributed by atoms with van der Waals surface area (Å²) >= 11 is 0. The monoisotopic (exact) mass is 247 g/mol. The molecule has 3 saturated carbocycles. The lowest BCUT2D eigenvalue weighted by Gasteiger charge is -2.68. The predicted molar refractivity (Wildman–Crippen MR) is 62.9 cm³/mol. The second-order valence-corrected chi connectivity index (χ2v) is 5.21. The third-order valence-electron chi connectivity index (χ3n) is 3.70. The topological polar surface area (TPSA) is 75.6 Å². The first-order chi connectivity index (χ1) is 8.55. The van der Waals surface area contributed by atoms with Crippen molar-refractivity contribution in [3.63, 3.8) is 0 Å². The van der Waals surface area contributed by atoms with Crippen molar-refractivity contribution in [2.45, 2.75) is 30.4 Å². The van der Waals surface area contributed by atoms with Gasteiger partial charge in [0.15, 0.2) is 0 Å². The van der Waals surface area contributed by atoms with Crippen molar-refractivity contribution in [2.24, 2.45) is 0 Å². The van der Waals surface area contributed by atoms with Gasteiger partial charge in [0, 0.05) is 24.8 Å². The van der Waals surface area contributed by atoms with Gasteiger partial charge in [-0.15, -0.1) is 0 Å². The minimum atomic E-state index is -0.973. The summed E-state index contributed by atoms with van der Waals surface area (Å²) in [5.74, 6) is 0.726. The predicted octanol–water partition coefficient (Wildman–Crippen LogP) is 1.82. The number of aldehydes is 1. The Kier molecular flexibility index (Phi) is 2.14. The van der Waals surface area contributed by atoms with Crippen LogP contribution >= 0.6 is 0 Å². The minimum Gasteiger partial charge on any atom is -0.487 e. The van der Waals surface area contributed by atoms with Gasteiger partial charge < -0.3 is 15.2 Å². The number of ether oxygens (including phenoxy) is 1. The molecule has 18 heavy (non-hydrogen) atoms. The number of hydrogen-bond acceptors (Lipinski definition) is 3. The molecule has 0 aliphatic heterocycles. The van der Waals surface area contributed by atoms with Crippen LogP contribution in [0.15, 0.2) is 24.3 Å². The fourth-order valence-electron chi connectivity index (χ4n) is 3.03. The summed E-state index contributed by atoms with van der Waals surface area (Å²) in [4.78, 5) is 21.1. The summed E-state index contributed by atoms with van der Waals surface area (Å²) in [6.07, 6.45) is 1.99. The average Bonchev–Trinajstić information content (AvgIpc) is 2.25. The largest absolute Gasteiger partial charge is 0.487 e. The third-order valence-corrected chi connectivity index (χ3v) is 3.70. The van der Waals surface area contributed by atoms with Crippen LogP contribution < -0.4 is 10.1 Å². The Labute approximate surface area is 104 Å². The molecule has 2 bridgehead atoms. The molecule has 5 nitrogen and oxygen atoms in total. The van der Waals surface area contributed by atoms with Gasteiger partial charge in [0.1, 0.15) is 17.6 Å². The van der Waals surface area contributed by atoms with E-state index in [1.165, 1.54) is 0 Å². The van der Waals surface area contributed by atoms with Crippen LogP contribution in [-0.4, -0.2) is 28.6 Å². The van der Waals surface area contributed by atoms with Crippen molar-refractivity contribution in [1.82, 2.24) is 5.32 Å². The third kappa shape index (κ3) is 1.63. The SMILES string of the molecule is O=Cc1ccc(OC23CC(NC(=O)O)(C2)C3)cc1. The first kappa shape index (κ1) is 11.1. The van der Waals surface area contributed by atoms with Crippen molar-refractivity contribution < 1.29 is 19.4 Å². The molecule has 1 aromatic rings. The maximum Gasteiger partial charge on any atom is 0.405 e. The molecule has 3 aliphatic carbocycles. The lowest BCUT2D eigenvalue weighted by molar-refractivity contribution is -0.198. The summed E-state index contributed by atoms with van der Waals surface area (Å²) in [5.41, 5.74) is 0.156.